The van der Waals surface area contributed by atoms with Gasteiger partial charge in [-0.15, -0.1) is 12.4 Å². The summed E-state index contributed by atoms with van der Waals surface area (Å²) in [6.45, 7) is 1.04. The second-order valence-electron chi connectivity index (χ2n) is 4.08. The summed E-state index contributed by atoms with van der Waals surface area (Å²) in [4.78, 5) is 24.5. The van der Waals surface area contributed by atoms with E-state index >= 15 is 0 Å². The number of likely N-dealkylation sites (N-methyl/N-ethyl adjacent to an activating group) is 2. The molecule has 1 rings (SSSR count). The van der Waals surface area contributed by atoms with Crippen molar-refractivity contribution in [3.63, 3.8) is 0 Å². The Morgan fingerprint density at radius 1 is 1.35 bits per heavy atom. The Kier molecular flexibility index (Phi) is 8.35. The Morgan fingerprint density at radius 2 is 2.00 bits per heavy atom. The third-order valence-corrected chi connectivity index (χ3v) is 2.53. The Hall–Kier alpha value is -1.79. The fourth-order valence-corrected chi connectivity index (χ4v) is 1.50. The predicted octanol–water partition coefficient (Wildman–Crippen LogP) is 0.264. The molecule has 1 aromatic carbocycles. The minimum absolute atomic E-state index is 0. The van der Waals surface area contributed by atoms with Crippen molar-refractivity contribution < 1.29 is 14.3 Å². The van der Waals surface area contributed by atoms with E-state index in [1.165, 1.54) is 0 Å². The van der Waals surface area contributed by atoms with Crippen LogP contribution in [-0.4, -0.2) is 50.5 Å². The third-order valence-electron chi connectivity index (χ3n) is 2.53. The van der Waals surface area contributed by atoms with Gasteiger partial charge in [0.1, 0.15) is 5.75 Å². The van der Waals surface area contributed by atoms with Crippen LogP contribution in [0.1, 0.15) is 10.4 Å². The van der Waals surface area contributed by atoms with E-state index in [0.29, 0.717) is 24.4 Å². The largest absolute Gasteiger partial charge is 0.483 e. The lowest BCUT2D eigenvalue weighted by Gasteiger charge is -2.18. The second-order valence-corrected chi connectivity index (χ2v) is 4.08. The number of rotatable bonds is 7. The normalized spacial score (nSPS) is 9.50. The standard InChI is InChI=1S/C13H19N3O3.ClH/c1-15-7-8-16(2)13(18)10-5-3-4-6-11(10)19-9-12(14)17;/h3-6,15H,7-9H2,1-2H3,(H2,14,17);1H. The Bertz CT molecular complexity index is 454. The smallest absolute Gasteiger partial charge is 0.257 e. The number of hydrogen-bond donors (Lipinski definition) is 2. The summed E-state index contributed by atoms with van der Waals surface area (Å²) in [6, 6.07) is 6.79. The molecular weight excluding hydrogens is 282 g/mol. The molecule has 2 amide bonds. The maximum absolute atomic E-state index is 12.2. The summed E-state index contributed by atoms with van der Waals surface area (Å²) in [5.74, 6) is -0.372. The zero-order valence-corrected chi connectivity index (χ0v) is 12.4. The van der Waals surface area contributed by atoms with E-state index in [1.54, 1.807) is 36.2 Å². The lowest BCUT2D eigenvalue weighted by atomic mass is 10.2. The van der Waals surface area contributed by atoms with Gasteiger partial charge in [-0.1, -0.05) is 12.1 Å². The molecule has 20 heavy (non-hydrogen) atoms. The zero-order valence-electron chi connectivity index (χ0n) is 11.6. The van der Waals surface area contributed by atoms with Crippen LogP contribution >= 0.6 is 12.4 Å². The lowest BCUT2D eigenvalue weighted by Crippen LogP contribution is -2.33. The number of para-hydroxylation sites is 1. The minimum Gasteiger partial charge on any atom is -0.483 e. The highest BCUT2D eigenvalue weighted by atomic mass is 35.5. The molecule has 0 saturated heterocycles. The molecule has 0 aliphatic carbocycles. The van der Waals surface area contributed by atoms with Crippen molar-refractivity contribution in [3.8, 4) is 5.75 Å². The maximum Gasteiger partial charge on any atom is 0.257 e. The van der Waals surface area contributed by atoms with Gasteiger partial charge in [0.25, 0.3) is 11.8 Å². The topological polar surface area (TPSA) is 84.7 Å². The maximum atomic E-state index is 12.2. The summed E-state index contributed by atoms with van der Waals surface area (Å²) in [7, 11) is 3.53. The molecule has 6 nitrogen and oxygen atoms in total. The first-order valence-electron chi connectivity index (χ1n) is 5.96. The van der Waals surface area contributed by atoms with Gasteiger partial charge in [0, 0.05) is 20.1 Å². The average molecular weight is 302 g/mol. The van der Waals surface area contributed by atoms with Gasteiger partial charge < -0.3 is 20.7 Å². The number of benzene rings is 1. The zero-order chi connectivity index (χ0) is 14.3. The summed E-state index contributed by atoms with van der Waals surface area (Å²) in [5.41, 5.74) is 5.44. The first kappa shape index (κ1) is 18.2. The van der Waals surface area contributed by atoms with Crippen LogP contribution < -0.4 is 15.8 Å². The monoisotopic (exact) mass is 301 g/mol. The fraction of sp³-hybridized carbons (Fsp3) is 0.385. The van der Waals surface area contributed by atoms with Gasteiger partial charge in [0.05, 0.1) is 5.56 Å². The molecule has 112 valence electrons. The quantitative estimate of drug-likeness (QED) is 0.757. The molecule has 0 fully saturated rings. The Morgan fingerprint density at radius 3 is 2.60 bits per heavy atom. The number of carbonyl (C=O) groups is 2. The molecule has 1 aromatic rings. The van der Waals surface area contributed by atoms with E-state index in [9.17, 15) is 9.59 Å². The number of halogens is 1. The lowest BCUT2D eigenvalue weighted by molar-refractivity contribution is -0.119. The van der Waals surface area contributed by atoms with Crippen molar-refractivity contribution in [2.24, 2.45) is 5.73 Å². The third kappa shape index (κ3) is 5.46. The van der Waals surface area contributed by atoms with Gasteiger partial charge in [0.15, 0.2) is 6.61 Å². The van der Waals surface area contributed by atoms with Crippen LogP contribution in [-0.2, 0) is 4.79 Å². The summed E-state index contributed by atoms with van der Waals surface area (Å²) in [5, 5.41) is 2.97. The van der Waals surface area contributed by atoms with Crippen LogP contribution in [0.25, 0.3) is 0 Å². The van der Waals surface area contributed by atoms with Crippen molar-refractivity contribution in [1.82, 2.24) is 10.2 Å². The number of hydrogen-bond acceptors (Lipinski definition) is 4. The second kappa shape index (κ2) is 9.17. The van der Waals surface area contributed by atoms with E-state index in [1.807, 2.05) is 7.05 Å². The predicted molar refractivity (Wildman–Crippen MR) is 79.3 cm³/mol. The molecule has 7 heteroatoms. The van der Waals surface area contributed by atoms with Crippen LogP contribution in [0, 0.1) is 0 Å². The number of nitrogens with one attached hydrogen (secondary N) is 1. The van der Waals surface area contributed by atoms with Crippen LogP contribution in [0.2, 0.25) is 0 Å². The van der Waals surface area contributed by atoms with Crippen molar-refractivity contribution in [2.45, 2.75) is 0 Å². The number of ether oxygens (including phenoxy) is 1. The van der Waals surface area contributed by atoms with Crippen molar-refractivity contribution in [1.29, 1.82) is 0 Å². The van der Waals surface area contributed by atoms with Gasteiger partial charge in [0.2, 0.25) is 0 Å². The van der Waals surface area contributed by atoms with E-state index < -0.39 is 5.91 Å². The highest BCUT2D eigenvalue weighted by Crippen LogP contribution is 2.19. The minimum atomic E-state index is -0.578. The first-order valence-corrected chi connectivity index (χ1v) is 5.96. The average Bonchev–Trinajstić information content (AvgIpc) is 2.42. The number of nitrogens with two attached hydrogens (primary N) is 1. The molecule has 0 atom stereocenters. The van der Waals surface area contributed by atoms with Gasteiger partial charge in [-0.25, -0.2) is 0 Å². The molecular formula is C13H20ClN3O3. The van der Waals surface area contributed by atoms with E-state index in [0.717, 1.165) is 0 Å². The van der Waals surface area contributed by atoms with Crippen LogP contribution in [0.15, 0.2) is 24.3 Å². The molecule has 0 unspecified atom stereocenters. The fourth-order valence-electron chi connectivity index (χ4n) is 1.50. The Balaban J connectivity index is 0.00000361. The Labute approximate surface area is 124 Å². The molecule has 0 aliphatic heterocycles. The molecule has 0 bridgehead atoms. The molecule has 3 N–H and O–H groups in total. The van der Waals surface area contributed by atoms with Crippen molar-refractivity contribution in [2.75, 3.05) is 33.8 Å². The number of amides is 2. The van der Waals surface area contributed by atoms with Crippen LogP contribution in [0.4, 0.5) is 0 Å². The molecule has 0 saturated carbocycles. The number of nitrogens with zero attached hydrogens (tertiary/aromatic N) is 1. The van der Waals surface area contributed by atoms with Crippen molar-refractivity contribution >= 4 is 24.2 Å². The number of primary amides is 1. The van der Waals surface area contributed by atoms with Crippen LogP contribution in [0.5, 0.6) is 5.75 Å². The number of carbonyl (C=O) groups excluding carboxylic acids is 2. The first-order chi connectivity index (χ1) is 9.06. The van der Waals surface area contributed by atoms with Gasteiger partial charge in [-0.3, -0.25) is 9.59 Å². The van der Waals surface area contributed by atoms with E-state index in [2.05, 4.69) is 5.32 Å². The van der Waals surface area contributed by atoms with Gasteiger partial charge >= 0.3 is 0 Å². The molecule has 0 radical (unpaired) electrons. The highest BCUT2D eigenvalue weighted by Gasteiger charge is 2.16. The molecule has 0 aliphatic rings. The molecule has 0 aromatic heterocycles. The van der Waals surface area contributed by atoms with Gasteiger partial charge in [-0.2, -0.15) is 0 Å². The summed E-state index contributed by atoms with van der Waals surface area (Å²) >= 11 is 0. The van der Waals surface area contributed by atoms with Gasteiger partial charge in [-0.05, 0) is 19.2 Å². The molecule has 0 heterocycles. The van der Waals surface area contributed by atoms with E-state index in [-0.39, 0.29) is 24.9 Å². The van der Waals surface area contributed by atoms with E-state index in [4.69, 9.17) is 10.5 Å². The summed E-state index contributed by atoms with van der Waals surface area (Å²) < 4.78 is 5.24. The SMILES string of the molecule is CNCCN(C)C(=O)c1ccccc1OCC(N)=O.Cl. The molecule has 0 spiro atoms. The van der Waals surface area contributed by atoms with Crippen LogP contribution in [0.3, 0.4) is 0 Å². The highest BCUT2D eigenvalue weighted by molar-refractivity contribution is 5.96. The summed E-state index contributed by atoms with van der Waals surface area (Å²) in [6.07, 6.45) is 0. The van der Waals surface area contributed by atoms with Crippen molar-refractivity contribution in [3.05, 3.63) is 29.8 Å².